The highest BCUT2D eigenvalue weighted by atomic mass is 16.2. The van der Waals surface area contributed by atoms with E-state index in [2.05, 4.69) is 14.9 Å². The minimum atomic E-state index is -0.795. The van der Waals surface area contributed by atoms with Crippen molar-refractivity contribution >= 4 is 40.5 Å². The number of nitrogens with zero attached hydrogens (tertiary/aromatic N) is 3. The van der Waals surface area contributed by atoms with E-state index in [9.17, 15) is 14.4 Å². The number of barbiturate groups is 1. The van der Waals surface area contributed by atoms with Crippen LogP contribution in [0.15, 0.2) is 90.9 Å². The fourth-order valence-corrected chi connectivity index (χ4v) is 3.83. The van der Waals surface area contributed by atoms with E-state index in [0.29, 0.717) is 12.2 Å². The van der Waals surface area contributed by atoms with Gasteiger partial charge in [-0.1, -0.05) is 48.5 Å². The lowest BCUT2D eigenvalue weighted by atomic mass is 10.1. The smallest absolute Gasteiger partial charge is 0.336 e. The number of aromatic nitrogens is 2. The molecule has 1 aliphatic heterocycles. The summed E-state index contributed by atoms with van der Waals surface area (Å²) in [5, 5.41) is 3.15. The third-order valence-electron chi connectivity index (χ3n) is 5.32. The van der Waals surface area contributed by atoms with Crippen LogP contribution in [-0.4, -0.2) is 27.4 Å². The third-order valence-corrected chi connectivity index (χ3v) is 5.32. The summed E-state index contributed by atoms with van der Waals surface area (Å²) in [6.45, 7) is 0.644. The Bertz CT molecular complexity index is 1370. The summed E-state index contributed by atoms with van der Waals surface area (Å²) in [6.07, 6.45) is 6.39. The predicted octanol–water partition coefficient (Wildman–Crippen LogP) is 3.75. The molecule has 156 valence electrons. The molecule has 0 spiro atoms. The number of urea groups is 1. The van der Waals surface area contributed by atoms with E-state index in [0.717, 1.165) is 26.9 Å². The summed E-state index contributed by atoms with van der Waals surface area (Å²) < 4.78 is 2.08. The molecule has 7 heteroatoms. The van der Waals surface area contributed by atoms with Crippen LogP contribution in [0.2, 0.25) is 0 Å². The van der Waals surface area contributed by atoms with E-state index in [1.807, 2.05) is 60.8 Å². The molecule has 0 aliphatic carbocycles. The molecular formula is C25H18N4O3. The Balaban J connectivity index is 1.58. The minimum absolute atomic E-state index is 0.115. The van der Waals surface area contributed by atoms with Gasteiger partial charge in [0.2, 0.25) is 0 Å². The summed E-state index contributed by atoms with van der Waals surface area (Å²) in [4.78, 5) is 42.9. The number of rotatable bonds is 4. The number of anilines is 1. The standard InChI is InChI=1S/C25H18N4O3/c30-23-21(24(31)29(25(32)27-23)19-9-6-12-26-14-19)13-18-16-28(15-17-7-2-1-3-8-17)22-11-5-4-10-20(18)22/h1-14,16H,15H2,(H,27,30,32)/b21-13+. The van der Waals surface area contributed by atoms with Crippen LogP contribution in [0, 0.1) is 0 Å². The van der Waals surface area contributed by atoms with Gasteiger partial charge < -0.3 is 4.57 Å². The minimum Gasteiger partial charge on any atom is -0.342 e. The third kappa shape index (κ3) is 3.45. The summed E-state index contributed by atoms with van der Waals surface area (Å²) >= 11 is 0. The maximum Gasteiger partial charge on any atom is 0.336 e. The van der Waals surface area contributed by atoms with Gasteiger partial charge in [-0.2, -0.15) is 0 Å². The summed E-state index contributed by atoms with van der Waals surface area (Å²) in [5.41, 5.74) is 3.01. The van der Waals surface area contributed by atoms with Crippen molar-refractivity contribution in [2.45, 2.75) is 6.54 Å². The molecule has 7 nitrogen and oxygen atoms in total. The highest BCUT2D eigenvalue weighted by Crippen LogP contribution is 2.27. The Hall–Kier alpha value is -4.52. The first-order valence-electron chi connectivity index (χ1n) is 10.0. The van der Waals surface area contributed by atoms with Crippen molar-refractivity contribution in [1.29, 1.82) is 0 Å². The van der Waals surface area contributed by atoms with E-state index in [1.165, 1.54) is 12.3 Å². The second-order valence-corrected chi connectivity index (χ2v) is 7.38. The lowest BCUT2D eigenvalue weighted by Gasteiger charge is -2.25. The molecular weight excluding hydrogens is 404 g/mol. The van der Waals surface area contributed by atoms with Crippen LogP contribution in [0.1, 0.15) is 11.1 Å². The van der Waals surface area contributed by atoms with Crippen molar-refractivity contribution in [3.05, 3.63) is 102 Å². The monoisotopic (exact) mass is 422 g/mol. The van der Waals surface area contributed by atoms with Gasteiger partial charge in [0.05, 0.1) is 11.9 Å². The molecule has 4 amide bonds. The number of imide groups is 2. The molecule has 1 fully saturated rings. The topological polar surface area (TPSA) is 84.3 Å². The number of carbonyl (C=O) groups is 3. The average molecular weight is 422 g/mol. The summed E-state index contributed by atoms with van der Waals surface area (Å²) in [6, 6.07) is 20.2. The van der Waals surface area contributed by atoms with E-state index < -0.39 is 17.8 Å². The molecule has 0 unspecified atom stereocenters. The normalized spacial score (nSPS) is 15.4. The van der Waals surface area contributed by atoms with Crippen LogP contribution in [0.25, 0.3) is 17.0 Å². The van der Waals surface area contributed by atoms with Gasteiger partial charge in [-0.3, -0.25) is 19.9 Å². The van der Waals surface area contributed by atoms with E-state index in [1.54, 1.807) is 18.3 Å². The fraction of sp³-hybridized carbons (Fsp3) is 0.0400. The van der Waals surface area contributed by atoms with E-state index in [4.69, 9.17) is 0 Å². The van der Waals surface area contributed by atoms with Gasteiger partial charge in [-0.25, -0.2) is 9.69 Å². The molecule has 32 heavy (non-hydrogen) atoms. The highest BCUT2D eigenvalue weighted by Gasteiger charge is 2.37. The Morgan fingerprint density at radius 3 is 2.47 bits per heavy atom. The molecule has 2 aromatic heterocycles. The average Bonchev–Trinajstić information content (AvgIpc) is 3.15. The number of hydrogen-bond acceptors (Lipinski definition) is 4. The molecule has 1 N–H and O–H groups in total. The van der Waals surface area contributed by atoms with Crippen LogP contribution >= 0.6 is 0 Å². The molecule has 0 radical (unpaired) electrons. The first kappa shape index (κ1) is 19.4. The second-order valence-electron chi connectivity index (χ2n) is 7.38. The van der Waals surface area contributed by atoms with Crippen LogP contribution in [0.5, 0.6) is 0 Å². The van der Waals surface area contributed by atoms with Crippen LogP contribution in [0.3, 0.4) is 0 Å². The SMILES string of the molecule is O=C1NC(=O)N(c2cccnc2)C(=O)/C1=C/c1cn(Cc2ccccc2)c2ccccc12. The quantitative estimate of drug-likeness (QED) is 0.401. The number of para-hydroxylation sites is 1. The maximum absolute atomic E-state index is 13.1. The van der Waals surface area contributed by atoms with Gasteiger partial charge in [0.25, 0.3) is 11.8 Å². The molecule has 1 saturated heterocycles. The highest BCUT2D eigenvalue weighted by molar-refractivity contribution is 6.39. The Kier molecular flexibility index (Phi) is 4.84. The zero-order chi connectivity index (χ0) is 22.1. The first-order chi connectivity index (χ1) is 15.6. The Morgan fingerprint density at radius 2 is 1.69 bits per heavy atom. The van der Waals surface area contributed by atoms with E-state index >= 15 is 0 Å². The predicted molar refractivity (Wildman–Crippen MR) is 121 cm³/mol. The lowest BCUT2D eigenvalue weighted by molar-refractivity contribution is -0.122. The van der Waals surface area contributed by atoms with Gasteiger partial charge in [0, 0.05) is 35.4 Å². The zero-order valence-corrected chi connectivity index (χ0v) is 16.9. The van der Waals surface area contributed by atoms with Crippen molar-refractivity contribution in [1.82, 2.24) is 14.9 Å². The molecule has 4 aromatic rings. The number of benzene rings is 2. The largest absolute Gasteiger partial charge is 0.342 e. The van der Waals surface area contributed by atoms with Crippen LogP contribution < -0.4 is 10.2 Å². The van der Waals surface area contributed by atoms with Crippen molar-refractivity contribution in [2.24, 2.45) is 0 Å². The van der Waals surface area contributed by atoms with Crippen LogP contribution in [0.4, 0.5) is 10.5 Å². The van der Waals surface area contributed by atoms with Gasteiger partial charge in [0.1, 0.15) is 5.57 Å². The number of amides is 4. The van der Waals surface area contributed by atoms with Gasteiger partial charge >= 0.3 is 6.03 Å². The molecule has 0 atom stereocenters. The number of carbonyl (C=O) groups excluding carboxylic acids is 3. The van der Waals surface area contributed by atoms with Crippen molar-refractivity contribution < 1.29 is 14.4 Å². The molecule has 1 aliphatic rings. The Labute approximate surface area is 183 Å². The van der Waals surface area contributed by atoms with E-state index in [-0.39, 0.29) is 5.57 Å². The van der Waals surface area contributed by atoms with Crippen molar-refractivity contribution in [2.75, 3.05) is 4.90 Å². The number of fused-ring (bicyclic) bond motifs is 1. The number of nitrogens with one attached hydrogen (secondary N) is 1. The number of hydrogen-bond donors (Lipinski definition) is 1. The van der Waals surface area contributed by atoms with Gasteiger partial charge in [-0.15, -0.1) is 0 Å². The molecule has 3 heterocycles. The van der Waals surface area contributed by atoms with Crippen LogP contribution in [-0.2, 0) is 16.1 Å². The van der Waals surface area contributed by atoms with Crippen molar-refractivity contribution in [3.8, 4) is 0 Å². The fourth-order valence-electron chi connectivity index (χ4n) is 3.83. The molecule has 2 aromatic carbocycles. The molecule has 0 saturated carbocycles. The maximum atomic E-state index is 13.1. The summed E-state index contributed by atoms with van der Waals surface area (Å²) in [7, 11) is 0. The van der Waals surface area contributed by atoms with Gasteiger partial charge in [-0.05, 0) is 29.8 Å². The van der Waals surface area contributed by atoms with Gasteiger partial charge in [0.15, 0.2) is 0 Å². The molecule has 5 rings (SSSR count). The summed E-state index contributed by atoms with van der Waals surface area (Å²) in [5.74, 6) is -1.41. The Morgan fingerprint density at radius 1 is 0.906 bits per heavy atom. The second kappa shape index (κ2) is 7.96. The number of pyridine rings is 1. The zero-order valence-electron chi connectivity index (χ0n) is 16.9. The van der Waals surface area contributed by atoms with Crippen molar-refractivity contribution in [3.63, 3.8) is 0 Å². The molecule has 0 bridgehead atoms. The first-order valence-corrected chi connectivity index (χ1v) is 10.0. The lowest BCUT2D eigenvalue weighted by Crippen LogP contribution is -2.54.